The van der Waals surface area contributed by atoms with Gasteiger partial charge in [0.2, 0.25) is 0 Å². The van der Waals surface area contributed by atoms with Gasteiger partial charge in [0, 0.05) is 17.4 Å². The van der Waals surface area contributed by atoms with E-state index in [1.165, 1.54) is 11.3 Å². The van der Waals surface area contributed by atoms with Crippen molar-refractivity contribution in [1.82, 2.24) is 4.98 Å². The van der Waals surface area contributed by atoms with Crippen molar-refractivity contribution in [3.63, 3.8) is 0 Å². The number of nitrogens with one attached hydrogen (secondary N) is 1. The van der Waals surface area contributed by atoms with Crippen molar-refractivity contribution >= 4 is 22.4 Å². The SMILES string of the molecule is Cc1csc(NC(=O)c2ccc3c(c2)OCCCO3)n1. The number of benzene rings is 1. The molecule has 2 aromatic rings. The van der Waals surface area contributed by atoms with Crippen LogP contribution in [0.2, 0.25) is 0 Å². The van der Waals surface area contributed by atoms with Crippen LogP contribution in [0, 0.1) is 6.92 Å². The number of hydrogen-bond donors (Lipinski definition) is 1. The number of hydrogen-bond acceptors (Lipinski definition) is 5. The smallest absolute Gasteiger partial charge is 0.257 e. The van der Waals surface area contributed by atoms with Crippen molar-refractivity contribution in [2.75, 3.05) is 18.5 Å². The largest absolute Gasteiger partial charge is 0.490 e. The molecule has 104 valence electrons. The first-order chi connectivity index (χ1) is 9.72. The van der Waals surface area contributed by atoms with Crippen LogP contribution in [0.25, 0.3) is 0 Å². The number of carbonyl (C=O) groups is 1. The summed E-state index contributed by atoms with van der Waals surface area (Å²) in [6, 6.07) is 5.20. The van der Waals surface area contributed by atoms with E-state index in [2.05, 4.69) is 10.3 Å². The van der Waals surface area contributed by atoms with Crippen LogP contribution in [0.5, 0.6) is 11.5 Å². The standard InChI is InChI=1S/C14H14N2O3S/c1-9-8-20-14(15-9)16-13(17)10-3-4-11-12(7-10)19-6-2-5-18-11/h3-4,7-8H,2,5-6H2,1H3,(H,15,16,17). The third-order valence-corrected chi connectivity index (χ3v) is 3.72. The fraction of sp³-hybridized carbons (Fsp3) is 0.286. The Labute approximate surface area is 120 Å². The van der Waals surface area contributed by atoms with Gasteiger partial charge in [0.05, 0.1) is 18.9 Å². The summed E-state index contributed by atoms with van der Waals surface area (Å²) in [5.74, 6) is 1.10. The third-order valence-electron chi connectivity index (χ3n) is 2.85. The number of nitrogens with zero attached hydrogens (tertiary/aromatic N) is 1. The molecule has 5 nitrogen and oxygen atoms in total. The number of aromatic nitrogens is 1. The van der Waals surface area contributed by atoms with E-state index in [4.69, 9.17) is 9.47 Å². The summed E-state index contributed by atoms with van der Waals surface area (Å²) >= 11 is 1.41. The molecule has 6 heteroatoms. The third kappa shape index (κ3) is 2.75. The molecule has 2 heterocycles. The first kappa shape index (κ1) is 12.9. The summed E-state index contributed by atoms with van der Waals surface area (Å²) < 4.78 is 11.1. The lowest BCUT2D eigenvalue weighted by Gasteiger charge is -2.08. The molecule has 0 aliphatic carbocycles. The summed E-state index contributed by atoms with van der Waals surface area (Å²) in [6.45, 7) is 3.13. The number of carbonyl (C=O) groups excluding carboxylic acids is 1. The van der Waals surface area contributed by atoms with E-state index < -0.39 is 0 Å². The summed E-state index contributed by atoms with van der Waals surface area (Å²) in [5.41, 5.74) is 1.42. The quantitative estimate of drug-likeness (QED) is 0.924. The highest BCUT2D eigenvalue weighted by atomic mass is 32.1. The number of thiazole rings is 1. The second-order valence-corrected chi connectivity index (χ2v) is 5.32. The van der Waals surface area contributed by atoms with Crippen LogP contribution < -0.4 is 14.8 Å². The molecule has 0 radical (unpaired) electrons. The monoisotopic (exact) mass is 290 g/mol. The topological polar surface area (TPSA) is 60.5 Å². The van der Waals surface area contributed by atoms with Crippen LogP contribution in [0.1, 0.15) is 22.5 Å². The molecule has 0 bridgehead atoms. The molecule has 0 saturated heterocycles. The molecule has 0 spiro atoms. The predicted molar refractivity (Wildman–Crippen MR) is 76.9 cm³/mol. The maximum Gasteiger partial charge on any atom is 0.257 e. The Morgan fingerprint density at radius 2 is 2.10 bits per heavy atom. The van der Waals surface area contributed by atoms with Gasteiger partial charge < -0.3 is 9.47 Å². The van der Waals surface area contributed by atoms with Gasteiger partial charge in [-0.25, -0.2) is 4.98 Å². The lowest BCUT2D eigenvalue weighted by Crippen LogP contribution is -2.12. The highest BCUT2D eigenvalue weighted by Gasteiger charge is 2.14. The van der Waals surface area contributed by atoms with Crippen LogP contribution in [0.15, 0.2) is 23.6 Å². The minimum Gasteiger partial charge on any atom is -0.490 e. The average molecular weight is 290 g/mol. The summed E-state index contributed by atoms with van der Waals surface area (Å²) in [6.07, 6.45) is 0.842. The number of ether oxygens (including phenoxy) is 2. The first-order valence-electron chi connectivity index (χ1n) is 6.35. The minimum atomic E-state index is -0.199. The summed E-state index contributed by atoms with van der Waals surface area (Å²) in [5, 5.41) is 5.26. The van der Waals surface area contributed by atoms with Gasteiger partial charge in [-0.1, -0.05) is 0 Å². The fourth-order valence-corrected chi connectivity index (χ4v) is 2.57. The number of aryl methyl sites for hydroxylation is 1. The van der Waals surface area contributed by atoms with E-state index >= 15 is 0 Å². The normalized spacial score (nSPS) is 13.7. The highest BCUT2D eigenvalue weighted by molar-refractivity contribution is 7.13. The molecular weight excluding hydrogens is 276 g/mol. The van der Waals surface area contributed by atoms with Crippen LogP contribution in [-0.4, -0.2) is 24.1 Å². The fourth-order valence-electron chi connectivity index (χ4n) is 1.89. The first-order valence-corrected chi connectivity index (χ1v) is 7.23. The van der Waals surface area contributed by atoms with E-state index in [9.17, 15) is 4.79 Å². The van der Waals surface area contributed by atoms with Crippen molar-refractivity contribution in [2.24, 2.45) is 0 Å². The number of rotatable bonds is 2. The molecule has 1 aliphatic heterocycles. The Balaban J connectivity index is 1.79. The van der Waals surface area contributed by atoms with Crippen LogP contribution in [0.4, 0.5) is 5.13 Å². The number of fused-ring (bicyclic) bond motifs is 1. The van der Waals surface area contributed by atoms with Crippen molar-refractivity contribution < 1.29 is 14.3 Å². The Bertz CT molecular complexity index is 639. The van der Waals surface area contributed by atoms with Gasteiger partial charge in [0.25, 0.3) is 5.91 Å². The van der Waals surface area contributed by atoms with Crippen molar-refractivity contribution in [3.05, 3.63) is 34.8 Å². The molecule has 1 aromatic heterocycles. The molecule has 1 aromatic carbocycles. The second kappa shape index (κ2) is 5.50. The molecule has 0 saturated carbocycles. The van der Waals surface area contributed by atoms with Gasteiger partial charge in [-0.2, -0.15) is 0 Å². The van der Waals surface area contributed by atoms with E-state index in [0.29, 0.717) is 35.4 Å². The summed E-state index contributed by atoms with van der Waals surface area (Å²) in [7, 11) is 0. The van der Waals surface area contributed by atoms with Crippen LogP contribution in [-0.2, 0) is 0 Å². The maximum atomic E-state index is 12.2. The number of anilines is 1. The van der Waals surface area contributed by atoms with Gasteiger partial charge in [-0.05, 0) is 25.1 Å². The zero-order valence-electron chi connectivity index (χ0n) is 11.0. The lowest BCUT2D eigenvalue weighted by molar-refractivity contribution is 0.102. The molecular formula is C14H14N2O3S. The van der Waals surface area contributed by atoms with E-state index in [-0.39, 0.29) is 5.91 Å². The van der Waals surface area contributed by atoms with Gasteiger partial charge in [0.15, 0.2) is 16.6 Å². The molecule has 1 aliphatic rings. The second-order valence-electron chi connectivity index (χ2n) is 4.46. The molecule has 0 atom stereocenters. The highest BCUT2D eigenvalue weighted by Crippen LogP contribution is 2.30. The van der Waals surface area contributed by atoms with E-state index in [1.54, 1.807) is 18.2 Å². The van der Waals surface area contributed by atoms with Gasteiger partial charge in [-0.15, -0.1) is 11.3 Å². The van der Waals surface area contributed by atoms with E-state index in [1.807, 2.05) is 12.3 Å². The molecule has 3 rings (SSSR count). The van der Waals surface area contributed by atoms with Crippen molar-refractivity contribution in [1.29, 1.82) is 0 Å². The van der Waals surface area contributed by atoms with Gasteiger partial charge >= 0.3 is 0 Å². The molecule has 1 N–H and O–H groups in total. The average Bonchev–Trinajstić information content (AvgIpc) is 2.72. The molecule has 1 amide bonds. The Morgan fingerprint density at radius 3 is 2.85 bits per heavy atom. The van der Waals surface area contributed by atoms with Crippen LogP contribution >= 0.6 is 11.3 Å². The Kier molecular flexibility index (Phi) is 3.56. The van der Waals surface area contributed by atoms with Crippen molar-refractivity contribution in [3.8, 4) is 11.5 Å². The Morgan fingerprint density at radius 1 is 1.30 bits per heavy atom. The maximum absolute atomic E-state index is 12.2. The molecule has 0 fully saturated rings. The molecule has 20 heavy (non-hydrogen) atoms. The van der Waals surface area contributed by atoms with Gasteiger partial charge in [-0.3, -0.25) is 10.1 Å². The zero-order chi connectivity index (χ0) is 13.9. The Hall–Kier alpha value is -2.08. The number of amides is 1. The molecule has 0 unspecified atom stereocenters. The predicted octanol–water partition coefficient (Wildman–Crippen LogP) is 2.87. The lowest BCUT2D eigenvalue weighted by atomic mass is 10.2. The van der Waals surface area contributed by atoms with Crippen molar-refractivity contribution in [2.45, 2.75) is 13.3 Å². The minimum absolute atomic E-state index is 0.199. The zero-order valence-corrected chi connectivity index (χ0v) is 11.8. The van der Waals surface area contributed by atoms with Crippen LogP contribution in [0.3, 0.4) is 0 Å². The summed E-state index contributed by atoms with van der Waals surface area (Å²) in [4.78, 5) is 16.4. The van der Waals surface area contributed by atoms with Gasteiger partial charge in [0.1, 0.15) is 0 Å². The van der Waals surface area contributed by atoms with E-state index in [0.717, 1.165) is 12.1 Å².